The van der Waals surface area contributed by atoms with Crippen LogP contribution in [0.25, 0.3) is 0 Å². The molecule has 0 radical (unpaired) electrons. The van der Waals surface area contributed by atoms with Gasteiger partial charge in [0.15, 0.2) is 0 Å². The summed E-state index contributed by atoms with van der Waals surface area (Å²) in [5.41, 5.74) is -0.933. The molecule has 1 aromatic rings. The van der Waals surface area contributed by atoms with E-state index in [2.05, 4.69) is 14.8 Å². The third kappa shape index (κ3) is 9.23. The molecule has 0 saturated heterocycles. The number of halogens is 7. The maximum atomic E-state index is 13.5. The summed E-state index contributed by atoms with van der Waals surface area (Å²) in [5, 5.41) is 13.3. The Morgan fingerprint density at radius 2 is 1.76 bits per heavy atom. The fraction of sp³-hybridized carbons (Fsp3) is 0.444. The van der Waals surface area contributed by atoms with Crippen molar-refractivity contribution in [2.75, 3.05) is 13.6 Å². The van der Waals surface area contributed by atoms with Crippen LogP contribution in [-0.2, 0) is 28.1 Å². The van der Waals surface area contributed by atoms with E-state index in [9.17, 15) is 31.1 Å². The summed E-state index contributed by atoms with van der Waals surface area (Å²) in [7, 11) is 1.69. The van der Waals surface area contributed by atoms with Crippen LogP contribution >= 0.6 is 21.3 Å². The smallest absolute Gasteiger partial charge is 0.416 e. The average molecular weight is 699 g/mol. The molecule has 3 rings (SSSR count). The highest BCUT2D eigenvalue weighted by molar-refractivity contribution is 14.1. The number of ketones is 1. The maximum absolute atomic E-state index is 13.5. The molecule has 224 valence electrons. The lowest BCUT2D eigenvalue weighted by Gasteiger charge is -2.24. The number of alkyl halides is 6. The molecule has 0 fully saturated rings. The highest BCUT2D eigenvalue weighted by Crippen LogP contribution is 2.37. The number of aliphatic carboxylic acids is 1. The number of carboxylic acid groups (broad SMARTS) is 1. The van der Waals surface area contributed by atoms with E-state index in [1.165, 1.54) is 4.90 Å². The van der Waals surface area contributed by atoms with E-state index in [-0.39, 0.29) is 43.2 Å². The number of hydrazone groups is 1. The van der Waals surface area contributed by atoms with Crippen LogP contribution in [0.4, 0.5) is 26.3 Å². The lowest BCUT2D eigenvalue weighted by Crippen LogP contribution is -2.33. The number of rotatable bonds is 10. The van der Waals surface area contributed by atoms with Gasteiger partial charge in [0.2, 0.25) is 0 Å². The van der Waals surface area contributed by atoms with Gasteiger partial charge < -0.3 is 10.0 Å². The summed E-state index contributed by atoms with van der Waals surface area (Å²) in [5.74, 6) is -0.258. The largest absolute Gasteiger partial charge is 0.481 e. The van der Waals surface area contributed by atoms with Crippen molar-refractivity contribution in [3.63, 3.8) is 0 Å². The average Bonchev–Trinajstić information content (AvgIpc) is 3.30. The molecule has 0 spiro atoms. The van der Waals surface area contributed by atoms with Crippen molar-refractivity contribution >= 4 is 39.0 Å². The highest BCUT2D eigenvalue weighted by atomic mass is 127. The van der Waals surface area contributed by atoms with Crippen LogP contribution in [0.15, 0.2) is 61.9 Å². The summed E-state index contributed by atoms with van der Waals surface area (Å²) in [6.45, 7) is 7.44. The van der Waals surface area contributed by atoms with Gasteiger partial charge in [0.05, 0.1) is 23.2 Å². The Morgan fingerprint density at radius 3 is 2.27 bits per heavy atom. The van der Waals surface area contributed by atoms with E-state index in [1.54, 1.807) is 22.4 Å². The van der Waals surface area contributed by atoms with Gasteiger partial charge in [0, 0.05) is 38.9 Å². The van der Waals surface area contributed by atoms with Crippen LogP contribution in [0.5, 0.6) is 0 Å². The zero-order chi connectivity index (χ0) is 30.5. The lowest BCUT2D eigenvalue weighted by molar-refractivity contribution is -0.503. The molecule has 1 heterocycles. The van der Waals surface area contributed by atoms with Crippen LogP contribution in [0.3, 0.4) is 0 Å². The predicted octanol–water partition coefficient (Wildman–Crippen LogP) is 7.39. The summed E-state index contributed by atoms with van der Waals surface area (Å²) in [6, 6.07) is 1.50. The summed E-state index contributed by atoms with van der Waals surface area (Å²) in [4.78, 5) is 12.5. The first-order valence-electron chi connectivity index (χ1n) is 12.6. The van der Waals surface area contributed by atoms with Crippen molar-refractivity contribution in [2.24, 2.45) is 8.25 Å². The number of benzene rings is 1. The van der Waals surface area contributed by atoms with Crippen molar-refractivity contribution in [1.29, 1.82) is 0 Å². The molecule has 0 amide bonds. The SMILES string of the molecule is C=C1C=C(CN(Cc2cc(C(F)(F)F)cc(C(F)(F)F)c2)C2=NN(C)I=N2)C(=[O+]C(CC)CCCC(=O)O)C=C1C. The second kappa shape index (κ2) is 13.3. The molecule has 14 heteroatoms. The van der Waals surface area contributed by atoms with Gasteiger partial charge >= 0.3 is 24.1 Å². The number of carbonyl (C=O) groups excluding carboxylic acids is 1. The van der Waals surface area contributed by atoms with Crippen molar-refractivity contribution in [3.8, 4) is 0 Å². The van der Waals surface area contributed by atoms with Gasteiger partial charge in [-0.1, -0.05) is 13.5 Å². The van der Waals surface area contributed by atoms with Gasteiger partial charge in [-0.05, 0) is 54.3 Å². The molecule has 1 aromatic carbocycles. The van der Waals surface area contributed by atoms with Crippen molar-refractivity contribution in [1.82, 2.24) is 8.12 Å². The second-order valence-corrected chi connectivity index (χ2v) is 11.9. The van der Waals surface area contributed by atoms with Crippen LogP contribution in [0.2, 0.25) is 0 Å². The molecule has 0 bridgehead atoms. The zero-order valence-corrected chi connectivity index (χ0v) is 24.8. The van der Waals surface area contributed by atoms with Crippen LogP contribution in [0.1, 0.15) is 56.2 Å². The van der Waals surface area contributed by atoms with Crippen molar-refractivity contribution in [2.45, 2.75) is 64.5 Å². The van der Waals surface area contributed by atoms with Crippen LogP contribution in [0, 0.1) is 0 Å². The van der Waals surface area contributed by atoms with E-state index in [0.717, 1.165) is 5.57 Å². The zero-order valence-electron chi connectivity index (χ0n) is 22.6. The van der Waals surface area contributed by atoms with E-state index < -0.39 is 50.8 Å². The molecule has 2 aliphatic rings. The Balaban J connectivity index is 2.00. The number of allylic oxidation sites excluding steroid dienone is 4. The third-order valence-corrected chi connectivity index (χ3v) is 7.79. The monoisotopic (exact) mass is 699 g/mol. The van der Waals surface area contributed by atoms with Crippen molar-refractivity contribution < 1.29 is 40.7 Å². The Bertz CT molecular complexity index is 1300. The normalized spacial score (nSPS) is 17.7. The minimum atomic E-state index is -4.97. The van der Waals surface area contributed by atoms with E-state index in [1.807, 2.05) is 13.8 Å². The molecular weight excluding hydrogens is 669 g/mol. The van der Waals surface area contributed by atoms with Gasteiger partial charge in [0.1, 0.15) is 21.3 Å². The number of nitrogens with zero attached hydrogens (tertiary/aromatic N) is 4. The number of guanidine groups is 1. The molecule has 1 atom stereocenters. The minimum absolute atomic E-state index is 0.00777. The molecular formula is C27H30F6IN4O3+. The van der Waals surface area contributed by atoms with Crippen LogP contribution < -0.4 is 0 Å². The first kappa shape index (κ1) is 32.5. The first-order valence-corrected chi connectivity index (χ1v) is 14.5. The lowest BCUT2D eigenvalue weighted by atomic mass is 9.95. The molecule has 0 saturated carbocycles. The number of hydrogen-bond acceptors (Lipinski definition) is 5. The molecule has 1 unspecified atom stereocenters. The minimum Gasteiger partial charge on any atom is -0.481 e. The van der Waals surface area contributed by atoms with Gasteiger partial charge in [-0.2, -0.15) is 29.5 Å². The van der Waals surface area contributed by atoms with Gasteiger partial charge in [-0.3, -0.25) is 9.22 Å². The standard InChI is InChI=1S/C27H29F6IN4O3/c1-5-22(7-6-8-24(39)40)41-23-10-17(3)16(2)9-19(23)15-38(25-35-34-37(4)36-25)14-18-11-20(26(28,29)30)13-21(12-18)27(31,32)33/h9-13,22H,2,5-8,14-15H2,1,3-4H3/p+1. The highest BCUT2D eigenvalue weighted by Gasteiger charge is 2.37. The Morgan fingerprint density at radius 1 is 1.12 bits per heavy atom. The van der Waals surface area contributed by atoms with E-state index in [4.69, 9.17) is 9.53 Å². The van der Waals surface area contributed by atoms with Gasteiger partial charge in [0.25, 0.3) is 12.1 Å². The Kier molecular flexibility index (Phi) is 10.5. The molecule has 1 aliphatic heterocycles. The molecule has 41 heavy (non-hydrogen) atoms. The number of carboxylic acids is 1. The van der Waals surface area contributed by atoms with E-state index in [0.29, 0.717) is 48.3 Å². The number of hydrogen-bond donors (Lipinski definition) is 1. The third-order valence-electron chi connectivity index (χ3n) is 6.30. The Hall–Kier alpha value is -3.04. The first-order chi connectivity index (χ1) is 19.1. The molecule has 1 N–H and O–H groups in total. The quantitative estimate of drug-likeness (QED) is 0.120. The molecule has 1 aliphatic carbocycles. The topological polar surface area (TPSA) is 79.8 Å². The maximum Gasteiger partial charge on any atom is 0.416 e. The summed E-state index contributed by atoms with van der Waals surface area (Å²) >= 11 is -0.886. The molecule has 0 aromatic heterocycles. The molecule has 7 nitrogen and oxygen atoms in total. The Labute approximate surface area is 244 Å². The summed E-state index contributed by atoms with van der Waals surface area (Å²) < 4.78 is 93.4. The fourth-order valence-corrected chi connectivity index (χ4v) is 5.31. The fourth-order valence-electron chi connectivity index (χ4n) is 4.11. The predicted molar refractivity (Wildman–Crippen MR) is 150 cm³/mol. The number of carbonyl (C=O) groups is 1. The van der Waals surface area contributed by atoms with Gasteiger partial charge in [-0.25, -0.2) is 3.22 Å². The summed E-state index contributed by atoms with van der Waals surface area (Å²) in [6.07, 6.45) is -5.25. The van der Waals surface area contributed by atoms with E-state index >= 15 is 0 Å². The second-order valence-electron chi connectivity index (χ2n) is 9.60. The van der Waals surface area contributed by atoms with Crippen molar-refractivity contribution in [3.05, 3.63) is 70.3 Å². The van der Waals surface area contributed by atoms with Gasteiger partial charge in [-0.15, -0.1) is 5.10 Å². The van der Waals surface area contributed by atoms with Crippen LogP contribution in [-0.4, -0.2) is 50.6 Å².